The molecule has 1 heterocycles. The quantitative estimate of drug-likeness (QED) is 0.913. The number of benzene rings is 1. The molecule has 0 spiro atoms. The van der Waals surface area contributed by atoms with Gasteiger partial charge in [0.1, 0.15) is 5.75 Å². The molecule has 5 nitrogen and oxygen atoms in total. The van der Waals surface area contributed by atoms with Crippen molar-refractivity contribution >= 4 is 10.0 Å². The highest BCUT2D eigenvalue weighted by atomic mass is 32.2. The van der Waals surface area contributed by atoms with Gasteiger partial charge in [-0.2, -0.15) is 4.31 Å². The summed E-state index contributed by atoms with van der Waals surface area (Å²) in [6.45, 7) is 3.01. The van der Waals surface area contributed by atoms with Gasteiger partial charge in [0, 0.05) is 19.1 Å². The second-order valence-electron chi connectivity index (χ2n) is 5.30. The third-order valence-electron chi connectivity index (χ3n) is 3.86. The van der Waals surface area contributed by atoms with Crippen molar-refractivity contribution in [2.75, 3.05) is 20.2 Å². The van der Waals surface area contributed by atoms with Crippen LogP contribution in [0.15, 0.2) is 29.2 Å². The highest BCUT2D eigenvalue weighted by molar-refractivity contribution is 7.89. The highest BCUT2D eigenvalue weighted by Gasteiger charge is 2.31. The third-order valence-corrected chi connectivity index (χ3v) is 5.74. The van der Waals surface area contributed by atoms with Crippen LogP contribution in [-0.2, 0) is 10.0 Å². The number of methoxy groups -OCH3 is 1. The standard InChI is InChI=1S/C14H22N2O3S/c1-11(15)12-4-3-9-16(10-12)20(17,18)14-7-5-13(19-2)6-8-14/h5-8,11-12H,3-4,9-10,15H2,1-2H3. The summed E-state index contributed by atoms with van der Waals surface area (Å²) in [4.78, 5) is 0.309. The maximum atomic E-state index is 12.6. The molecule has 0 saturated carbocycles. The maximum absolute atomic E-state index is 12.6. The van der Waals surface area contributed by atoms with E-state index in [-0.39, 0.29) is 12.0 Å². The van der Waals surface area contributed by atoms with Crippen LogP contribution in [0.4, 0.5) is 0 Å². The lowest BCUT2D eigenvalue weighted by atomic mass is 9.93. The summed E-state index contributed by atoms with van der Waals surface area (Å²) in [7, 11) is -1.87. The van der Waals surface area contributed by atoms with Gasteiger partial charge in [0.05, 0.1) is 12.0 Å². The molecule has 20 heavy (non-hydrogen) atoms. The summed E-state index contributed by atoms with van der Waals surface area (Å²) in [5.41, 5.74) is 5.91. The number of sulfonamides is 1. The summed E-state index contributed by atoms with van der Waals surface area (Å²) in [6, 6.07) is 6.52. The van der Waals surface area contributed by atoms with Crippen molar-refractivity contribution in [2.24, 2.45) is 11.7 Å². The molecule has 6 heteroatoms. The topological polar surface area (TPSA) is 72.6 Å². The van der Waals surface area contributed by atoms with E-state index in [4.69, 9.17) is 10.5 Å². The largest absolute Gasteiger partial charge is 0.497 e. The van der Waals surface area contributed by atoms with Gasteiger partial charge in [-0.25, -0.2) is 8.42 Å². The first-order chi connectivity index (χ1) is 9.45. The second kappa shape index (κ2) is 6.11. The monoisotopic (exact) mass is 298 g/mol. The molecule has 1 fully saturated rings. The van der Waals surface area contributed by atoms with Crippen molar-refractivity contribution in [1.82, 2.24) is 4.31 Å². The van der Waals surface area contributed by atoms with Crippen molar-refractivity contribution in [3.8, 4) is 5.75 Å². The van der Waals surface area contributed by atoms with Gasteiger partial charge in [-0.15, -0.1) is 0 Å². The summed E-state index contributed by atoms with van der Waals surface area (Å²) in [5.74, 6) is 0.882. The van der Waals surface area contributed by atoms with Gasteiger partial charge >= 0.3 is 0 Å². The van der Waals surface area contributed by atoms with Crippen LogP contribution in [0.3, 0.4) is 0 Å². The number of hydrogen-bond acceptors (Lipinski definition) is 4. The van der Waals surface area contributed by atoms with Crippen LogP contribution >= 0.6 is 0 Å². The fourth-order valence-corrected chi connectivity index (χ4v) is 4.05. The fourth-order valence-electron chi connectivity index (χ4n) is 2.52. The molecule has 1 aliphatic heterocycles. The molecular weight excluding hydrogens is 276 g/mol. The van der Waals surface area contributed by atoms with Crippen LogP contribution < -0.4 is 10.5 Å². The summed E-state index contributed by atoms with van der Waals surface area (Å²) in [5, 5.41) is 0. The lowest BCUT2D eigenvalue weighted by molar-refractivity contribution is 0.243. The molecule has 0 amide bonds. The molecule has 0 aromatic heterocycles. The van der Waals surface area contributed by atoms with Crippen molar-refractivity contribution in [3.63, 3.8) is 0 Å². The van der Waals surface area contributed by atoms with E-state index in [2.05, 4.69) is 0 Å². The average molecular weight is 298 g/mol. The molecule has 1 saturated heterocycles. The Bertz CT molecular complexity index is 540. The number of hydrogen-bond donors (Lipinski definition) is 1. The van der Waals surface area contributed by atoms with E-state index in [9.17, 15) is 8.42 Å². The van der Waals surface area contributed by atoms with E-state index in [1.54, 1.807) is 35.7 Å². The van der Waals surface area contributed by atoms with E-state index >= 15 is 0 Å². The van der Waals surface area contributed by atoms with E-state index in [0.29, 0.717) is 23.7 Å². The molecule has 2 unspecified atom stereocenters. The molecule has 2 rings (SSSR count). The van der Waals surface area contributed by atoms with Gasteiger partial charge in [-0.3, -0.25) is 0 Å². The minimum atomic E-state index is -3.43. The smallest absolute Gasteiger partial charge is 0.243 e. The molecule has 112 valence electrons. The Morgan fingerprint density at radius 3 is 2.55 bits per heavy atom. The maximum Gasteiger partial charge on any atom is 0.243 e. The Labute approximate surface area is 120 Å². The average Bonchev–Trinajstić information content (AvgIpc) is 2.47. The lowest BCUT2D eigenvalue weighted by Crippen LogP contribution is -2.44. The van der Waals surface area contributed by atoms with Gasteiger partial charge in [-0.1, -0.05) is 0 Å². The minimum absolute atomic E-state index is 0.0175. The first kappa shape index (κ1) is 15.3. The van der Waals surface area contributed by atoms with Crippen LogP contribution in [0.5, 0.6) is 5.75 Å². The first-order valence-corrected chi connectivity index (χ1v) is 8.29. The molecule has 0 radical (unpaired) electrons. The van der Waals surface area contributed by atoms with E-state index in [0.717, 1.165) is 12.8 Å². The van der Waals surface area contributed by atoms with Gasteiger partial charge < -0.3 is 10.5 Å². The Kier molecular flexibility index (Phi) is 4.67. The van der Waals surface area contributed by atoms with Crippen LogP contribution in [-0.4, -0.2) is 39.0 Å². The molecule has 1 aromatic carbocycles. The van der Waals surface area contributed by atoms with Crippen molar-refractivity contribution in [1.29, 1.82) is 0 Å². The molecule has 1 aromatic rings. The SMILES string of the molecule is COc1ccc(S(=O)(=O)N2CCCC(C(C)N)C2)cc1. The number of piperidine rings is 1. The molecule has 0 bridgehead atoms. The Balaban J connectivity index is 2.20. The number of rotatable bonds is 4. The molecule has 1 aliphatic rings. The minimum Gasteiger partial charge on any atom is -0.497 e. The lowest BCUT2D eigenvalue weighted by Gasteiger charge is -2.33. The predicted molar refractivity (Wildman–Crippen MR) is 78.1 cm³/mol. The third kappa shape index (κ3) is 3.13. The van der Waals surface area contributed by atoms with Crippen molar-refractivity contribution in [2.45, 2.75) is 30.7 Å². The molecule has 2 atom stereocenters. The second-order valence-corrected chi connectivity index (χ2v) is 7.24. The van der Waals surface area contributed by atoms with Gasteiger partial charge in [-0.05, 0) is 49.9 Å². The zero-order chi connectivity index (χ0) is 14.8. The molecular formula is C14H22N2O3S. The first-order valence-electron chi connectivity index (χ1n) is 6.85. The van der Waals surface area contributed by atoms with Crippen molar-refractivity contribution in [3.05, 3.63) is 24.3 Å². The molecule has 0 aliphatic carbocycles. The van der Waals surface area contributed by atoms with Crippen LogP contribution in [0.2, 0.25) is 0 Å². The van der Waals surface area contributed by atoms with E-state index < -0.39 is 10.0 Å². The summed E-state index contributed by atoms with van der Waals surface area (Å²) < 4.78 is 31.8. The van der Waals surface area contributed by atoms with Gasteiger partial charge in [0.2, 0.25) is 10.0 Å². The highest BCUT2D eigenvalue weighted by Crippen LogP contribution is 2.26. The van der Waals surface area contributed by atoms with Crippen LogP contribution in [0, 0.1) is 5.92 Å². The summed E-state index contributed by atoms with van der Waals surface area (Å²) in [6.07, 6.45) is 1.86. The Morgan fingerprint density at radius 1 is 1.35 bits per heavy atom. The van der Waals surface area contributed by atoms with Gasteiger partial charge in [0.25, 0.3) is 0 Å². The van der Waals surface area contributed by atoms with E-state index in [1.807, 2.05) is 6.92 Å². The zero-order valence-electron chi connectivity index (χ0n) is 12.0. The zero-order valence-corrected chi connectivity index (χ0v) is 12.8. The van der Waals surface area contributed by atoms with Gasteiger partial charge in [0.15, 0.2) is 0 Å². The Morgan fingerprint density at radius 2 is 2.00 bits per heavy atom. The predicted octanol–water partition coefficient (Wildman–Crippen LogP) is 1.44. The van der Waals surface area contributed by atoms with Crippen LogP contribution in [0.1, 0.15) is 19.8 Å². The van der Waals surface area contributed by atoms with Crippen LogP contribution in [0.25, 0.3) is 0 Å². The fraction of sp³-hybridized carbons (Fsp3) is 0.571. The summed E-state index contributed by atoms with van der Waals surface area (Å²) >= 11 is 0. The number of nitrogens with zero attached hydrogens (tertiary/aromatic N) is 1. The normalized spacial score (nSPS) is 22.4. The Hall–Kier alpha value is -1.11. The van der Waals surface area contributed by atoms with E-state index in [1.165, 1.54) is 0 Å². The number of ether oxygens (including phenoxy) is 1. The molecule has 2 N–H and O–H groups in total. The van der Waals surface area contributed by atoms with Crippen molar-refractivity contribution < 1.29 is 13.2 Å². The number of nitrogens with two attached hydrogens (primary N) is 1.